The van der Waals surface area contributed by atoms with Gasteiger partial charge < -0.3 is 5.32 Å². The summed E-state index contributed by atoms with van der Waals surface area (Å²) in [5.74, 6) is 0.0826. The van der Waals surface area contributed by atoms with Gasteiger partial charge in [-0.05, 0) is 42.8 Å². The first-order valence-corrected chi connectivity index (χ1v) is 9.17. The second-order valence-electron chi connectivity index (χ2n) is 6.58. The van der Waals surface area contributed by atoms with E-state index in [1.54, 1.807) is 24.4 Å². The van der Waals surface area contributed by atoms with Gasteiger partial charge in [0, 0.05) is 11.8 Å². The van der Waals surface area contributed by atoms with Crippen molar-refractivity contribution >= 4 is 5.95 Å². The van der Waals surface area contributed by atoms with Gasteiger partial charge in [0.15, 0.2) is 6.80 Å². The van der Waals surface area contributed by atoms with Gasteiger partial charge >= 0.3 is 0 Å². The molecule has 0 saturated heterocycles. The molecule has 7 heteroatoms. The van der Waals surface area contributed by atoms with Crippen LogP contribution in [0.3, 0.4) is 0 Å². The number of halogens is 2. The molecule has 0 aliphatic rings. The first-order valence-electron chi connectivity index (χ1n) is 9.17. The van der Waals surface area contributed by atoms with Crippen molar-refractivity contribution in [3.63, 3.8) is 0 Å². The Labute approximate surface area is 167 Å². The van der Waals surface area contributed by atoms with Gasteiger partial charge in [0.25, 0.3) is 0 Å². The molecule has 29 heavy (non-hydrogen) atoms. The Kier molecular flexibility index (Phi) is 5.29. The number of hydrogen-bond donors (Lipinski definition) is 1. The normalized spacial score (nSPS) is 12.0. The van der Waals surface area contributed by atoms with E-state index in [1.807, 2.05) is 37.3 Å². The molecule has 0 unspecified atom stereocenters. The number of benzene rings is 2. The number of imidazole rings is 1. The Balaban J connectivity index is 1.69. The number of anilines is 1. The molecule has 0 spiro atoms. The summed E-state index contributed by atoms with van der Waals surface area (Å²) in [6.45, 7) is 1.26. The molecule has 1 N–H and O–H groups in total. The summed E-state index contributed by atoms with van der Waals surface area (Å²) in [5.41, 5.74) is 3.35. The summed E-state index contributed by atoms with van der Waals surface area (Å²) in [4.78, 5) is 13.2. The van der Waals surface area contributed by atoms with Crippen LogP contribution in [0.5, 0.6) is 0 Å². The fourth-order valence-corrected chi connectivity index (χ4v) is 3.14. The van der Waals surface area contributed by atoms with Gasteiger partial charge in [-0.2, -0.15) is 0 Å². The van der Waals surface area contributed by atoms with Crippen LogP contribution < -0.4 is 5.32 Å². The molecule has 4 aromatic rings. The Morgan fingerprint density at radius 1 is 1.00 bits per heavy atom. The summed E-state index contributed by atoms with van der Waals surface area (Å²) in [6, 6.07) is 17.6. The molecule has 0 aliphatic heterocycles. The molecule has 0 saturated carbocycles. The van der Waals surface area contributed by atoms with Gasteiger partial charge in [0.1, 0.15) is 5.82 Å². The van der Waals surface area contributed by atoms with E-state index in [-0.39, 0.29) is 11.9 Å². The van der Waals surface area contributed by atoms with E-state index in [1.165, 1.54) is 23.0 Å². The Hall–Kier alpha value is -3.61. The largest absolute Gasteiger partial charge is 0.348 e. The van der Waals surface area contributed by atoms with Crippen LogP contribution in [0.2, 0.25) is 0 Å². The molecule has 0 bridgehead atoms. The van der Waals surface area contributed by atoms with Crippen molar-refractivity contribution < 1.29 is 8.78 Å². The van der Waals surface area contributed by atoms with Gasteiger partial charge in [-0.1, -0.05) is 30.3 Å². The molecule has 2 aromatic heterocycles. The van der Waals surface area contributed by atoms with Gasteiger partial charge in [-0.15, -0.1) is 0 Å². The highest BCUT2D eigenvalue weighted by atomic mass is 19.1. The first kappa shape index (κ1) is 18.7. The van der Waals surface area contributed by atoms with Crippen LogP contribution in [0.15, 0.2) is 73.2 Å². The van der Waals surface area contributed by atoms with Crippen molar-refractivity contribution in [3.05, 3.63) is 84.6 Å². The van der Waals surface area contributed by atoms with E-state index in [0.717, 1.165) is 5.56 Å². The van der Waals surface area contributed by atoms with Gasteiger partial charge in [0.05, 0.1) is 29.5 Å². The zero-order chi connectivity index (χ0) is 20.2. The highest BCUT2D eigenvalue weighted by Crippen LogP contribution is 2.31. The minimum atomic E-state index is -0.753. The minimum absolute atomic E-state index is 0.00546. The van der Waals surface area contributed by atoms with Crippen LogP contribution in [0.4, 0.5) is 14.7 Å². The fourth-order valence-electron chi connectivity index (χ4n) is 3.14. The molecule has 5 nitrogen and oxygen atoms in total. The number of rotatable bonds is 6. The molecule has 0 amide bonds. The van der Waals surface area contributed by atoms with Crippen molar-refractivity contribution in [3.8, 4) is 22.6 Å². The van der Waals surface area contributed by atoms with Gasteiger partial charge in [-0.25, -0.2) is 23.7 Å². The van der Waals surface area contributed by atoms with Crippen LogP contribution >= 0.6 is 0 Å². The second kappa shape index (κ2) is 8.18. The Morgan fingerprint density at radius 3 is 2.48 bits per heavy atom. The smallest absolute Gasteiger partial charge is 0.223 e. The molecule has 0 aliphatic carbocycles. The standard InChI is InChI=1S/C22H19F2N5/c1-15(16-5-3-2-4-6-16)27-22-25-12-11-19(28-22)21-20(26-14-29(21)13-23)17-7-9-18(24)10-8-17/h2-12,14-15H,13H2,1H3,(H,25,27,28)/t15-/m0/s1. The van der Waals surface area contributed by atoms with E-state index >= 15 is 0 Å². The lowest BCUT2D eigenvalue weighted by molar-refractivity contribution is 0.379. The van der Waals surface area contributed by atoms with Crippen LogP contribution in [0, 0.1) is 5.82 Å². The van der Waals surface area contributed by atoms with E-state index in [4.69, 9.17) is 0 Å². The average molecular weight is 391 g/mol. The maximum Gasteiger partial charge on any atom is 0.223 e. The van der Waals surface area contributed by atoms with Crippen molar-refractivity contribution in [1.82, 2.24) is 19.5 Å². The van der Waals surface area contributed by atoms with Crippen LogP contribution in [-0.2, 0) is 6.80 Å². The molecule has 4 rings (SSSR count). The van der Waals surface area contributed by atoms with Crippen LogP contribution in [0.1, 0.15) is 18.5 Å². The Bertz CT molecular complexity index is 1090. The minimum Gasteiger partial charge on any atom is -0.348 e. The third-order valence-corrected chi connectivity index (χ3v) is 4.63. The van der Waals surface area contributed by atoms with E-state index in [0.29, 0.717) is 28.6 Å². The fraction of sp³-hybridized carbons (Fsp3) is 0.136. The number of nitrogens with zero attached hydrogens (tertiary/aromatic N) is 4. The zero-order valence-corrected chi connectivity index (χ0v) is 15.8. The lowest BCUT2D eigenvalue weighted by atomic mass is 10.1. The zero-order valence-electron chi connectivity index (χ0n) is 15.8. The average Bonchev–Trinajstić information content (AvgIpc) is 3.19. The quantitative estimate of drug-likeness (QED) is 0.488. The number of nitrogens with one attached hydrogen (secondary N) is 1. The predicted molar refractivity (Wildman–Crippen MR) is 108 cm³/mol. The summed E-state index contributed by atoms with van der Waals surface area (Å²) in [5, 5.41) is 3.27. The predicted octanol–water partition coefficient (Wildman–Crippen LogP) is 5.25. The van der Waals surface area contributed by atoms with E-state index in [9.17, 15) is 8.78 Å². The molecule has 146 valence electrons. The summed E-state index contributed by atoms with van der Waals surface area (Å²) < 4.78 is 28.3. The van der Waals surface area contributed by atoms with Crippen molar-refractivity contribution in [2.24, 2.45) is 0 Å². The summed E-state index contributed by atoms with van der Waals surface area (Å²) in [7, 11) is 0. The number of aromatic nitrogens is 4. The highest BCUT2D eigenvalue weighted by molar-refractivity contribution is 5.77. The van der Waals surface area contributed by atoms with Crippen molar-refractivity contribution in [2.45, 2.75) is 19.8 Å². The second-order valence-corrected chi connectivity index (χ2v) is 6.58. The molecule has 0 fully saturated rings. The summed E-state index contributed by atoms with van der Waals surface area (Å²) in [6.07, 6.45) is 3.03. The van der Waals surface area contributed by atoms with Crippen molar-refractivity contribution in [2.75, 3.05) is 5.32 Å². The highest BCUT2D eigenvalue weighted by Gasteiger charge is 2.17. The number of alkyl halides is 1. The van der Waals surface area contributed by atoms with Gasteiger partial charge in [-0.3, -0.25) is 4.57 Å². The van der Waals surface area contributed by atoms with Gasteiger partial charge in [0.2, 0.25) is 5.95 Å². The SMILES string of the molecule is C[C@H](Nc1nccc(-c2c(-c3ccc(F)cc3)ncn2CF)n1)c1ccccc1. The maximum absolute atomic E-state index is 13.6. The third kappa shape index (κ3) is 3.99. The van der Waals surface area contributed by atoms with Crippen LogP contribution in [-0.4, -0.2) is 19.5 Å². The molecule has 2 aromatic carbocycles. The molecule has 1 atom stereocenters. The molecular weight excluding hydrogens is 372 g/mol. The van der Waals surface area contributed by atoms with E-state index in [2.05, 4.69) is 20.3 Å². The number of hydrogen-bond acceptors (Lipinski definition) is 4. The third-order valence-electron chi connectivity index (χ3n) is 4.63. The van der Waals surface area contributed by atoms with Crippen molar-refractivity contribution in [1.29, 1.82) is 0 Å². The van der Waals surface area contributed by atoms with Crippen LogP contribution in [0.25, 0.3) is 22.6 Å². The molecule has 2 heterocycles. The topological polar surface area (TPSA) is 55.6 Å². The molecule has 0 radical (unpaired) electrons. The monoisotopic (exact) mass is 391 g/mol. The first-order chi connectivity index (χ1) is 14.2. The summed E-state index contributed by atoms with van der Waals surface area (Å²) >= 11 is 0. The lowest BCUT2D eigenvalue weighted by Gasteiger charge is -2.15. The molecular formula is C22H19F2N5. The van der Waals surface area contributed by atoms with E-state index < -0.39 is 6.80 Å². The lowest BCUT2D eigenvalue weighted by Crippen LogP contribution is -2.10. The Morgan fingerprint density at radius 2 is 1.76 bits per heavy atom. The maximum atomic E-state index is 13.6.